The number of carbonyl (C=O) groups excluding carboxylic acids is 2. The minimum atomic E-state index is -0.528. The molecule has 38 heavy (non-hydrogen) atoms. The highest BCUT2D eigenvalue weighted by Gasteiger charge is 2.49. The van der Waals surface area contributed by atoms with Gasteiger partial charge in [0.1, 0.15) is 18.2 Å². The Morgan fingerprint density at radius 3 is 2.05 bits per heavy atom. The SMILES string of the molecule is CN1C2=C(C(=O)CC(C)(C)C2)C(c2cc(Br)cc(Br)c2OCc2cccc(F)c2)C2=C1CC(C)(C)CC2=O. The number of benzene rings is 2. The molecule has 1 heterocycles. The summed E-state index contributed by atoms with van der Waals surface area (Å²) in [6, 6.07) is 10.2. The van der Waals surface area contributed by atoms with Crippen LogP contribution in [0.3, 0.4) is 0 Å². The van der Waals surface area contributed by atoms with Gasteiger partial charge in [0.05, 0.1) is 4.47 Å². The molecule has 0 saturated heterocycles. The number of hydrogen-bond donors (Lipinski definition) is 0. The second-order valence-corrected chi connectivity index (χ2v) is 14.1. The first-order valence-corrected chi connectivity index (χ1v) is 14.5. The number of ketones is 2. The van der Waals surface area contributed by atoms with Crippen LogP contribution in [-0.2, 0) is 16.2 Å². The zero-order valence-corrected chi connectivity index (χ0v) is 25.6. The van der Waals surface area contributed by atoms with E-state index in [1.165, 1.54) is 12.1 Å². The van der Waals surface area contributed by atoms with E-state index in [2.05, 4.69) is 64.5 Å². The van der Waals surface area contributed by atoms with Crippen molar-refractivity contribution in [3.8, 4) is 5.75 Å². The van der Waals surface area contributed by atoms with E-state index in [0.717, 1.165) is 34.3 Å². The average molecular weight is 645 g/mol. The lowest BCUT2D eigenvalue weighted by Gasteiger charge is -2.48. The van der Waals surface area contributed by atoms with Crippen molar-refractivity contribution in [3.63, 3.8) is 0 Å². The molecule has 1 aliphatic heterocycles. The van der Waals surface area contributed by atoms with Crippen molar-refractivity contribution in [1.29, 1.82) is 0 Å². The first-order chi connectivity index (χ1) is 17.8. The Balaban J connectivity index is 1.71. The molecule has 0 fully saturated rings. The molecule has 3 aliphatic rings. The molecule has 0 atom stereocenters. The molecule has 200 valence electrons. The Morgan fingerprint density at radius 1 is 0.921 bits per heavy atom. The third-order valence-corrected chi connectivity index (χ3v) is 8.85. The van der Waals surface area contributed by atoms with Gasteiger partial charge in [0.15, 0.2) is 11.6 Å². The normalized spacial score (nSPS) is 21.0. The summed E-state index contributed by atoms with van der Waals surface area (Å²) in [5, 5.41) is 0. The maximum absolute atomic E-state index is 13.9. The fourth-order valence-electron chi connectivity index (χ4n) is 6.20. The van der Waals surface area contributed by atoms with Crippen LogP contribution in [0.25, 0.3) is 0 Å². The van der Waals surface area contributed by atoms with Gasteiger partial charge in [-0.15, -0.1) is 0 Å². The van der Waals surface area contributed by atoms with Crippen LogP contribution in [0.5, 0.6) is 5.75 Å². The topological polar surface area (TPSA) is 46.6 Å². The van der Waals surface area contributed by atoms with Crippen molar-refractivity contribution in [2.45, 2.75) is 65.9 Å². The van der Waals surface area contributed by atoms with Crippen LogP contribution in [0.1, 0.15) is 70.4 Å². The first kappa shape index (κ1) is 27.3. The monoisotopic (exact) mass is 643 g/mol. The zero-order valence-electron chi connectivity index (χ0n) is 22.4. The largest absolute Gasteiger partial charge is 0.487 e. The van der Waals surface area contributed by atoms with E-state index >= 15 is 0 Å². The van der Waals surface area contributed by atoms with E-state index in [0.29, 0.717) is 39.8 Å². The van der Waals surface area contributed by atoms with Gasteiger partial charge in [-0.1, -0.05) is 55.8 Å². The fraction of sp³-hybridized carbons (Fsp3) is 0.419. The molecule has 2 aromatic carbocycles. The van der Waals surface area contributed by atoms with E-state index < -0.39 is 5.92 Å². The van der Waals surface area contributed by atoms with Crippen LogP contribution in [-0.4, -0.2) is 23.5 Å². The standard InChI is InChI=1S/C31H32Br2FNO3/c1-30(2)12-22-27(24(36)14-30)26(28-23(35(22)5)13-31(3,4)15-25(28)37)20-10-18(32)11-21(33)29(20)38-16-17-7-6-8-19(34)9-17/h6-11,26H,12-16H2,1-5H3. The third kappa shape index (κ3) is 5.04. The highest BCUT2D eigenvalue weighted by Crippen LogP contribution is 2.56. The summed E-state index contributed by atoms with van der Waals surface area (Å²) in [7, 11) is 2.00. The lowest BCUT2D eigenvalue weighted by atomic mass is 9.63. The summed E-state index contributed by atoms with van der Waals surface area (Å²) in [5.74, 6) is -0.151. The Bertz CT molecular complexity index is 1370. The summed E-state index contributed by atoms with van der Waals surface area (Å²) >= 11 is 7.29. The number of allylic oxidation sites excluding steroid dienone is 4. The van der Waals surface area contributed by atoms with Gasteiger partial charge in [0, 0.05) is 58.4 Å². The van der Waals surface area contributed by atoms with Gasteiger partial charge in [-0.2, -0.15) is 0 Å². The van der Waals surface area contributed by atoms with Gasteiger partial charge in [-0.25, -0.2) is 4.39 Å². The number of Topliss-reactive ketones (excluding diaryl/α,β-unsaturated/α-hetero) is 2. The number of carbonyl (C=O) groups is 2. The molecule has 0 aromatic heterocycles. The predicted octanol–water partition coefficient (Wildman–Crippen LogP) is 8.25. The minimum Gasteiger partial charge on any atom is -0.487 e. The highest BCUT2D eigenvalue weighted by molar-refractivity contribution is 9.11. The van der Waals surface area contributed by atoms with Gasteiger partial charge in [0.2, 0.25) is 0 Å². The van der Waals surface area contributed by atoms with Crippen molar-refractivity contribution in [2.75, 3.05) is 7.05 Å². The second-order valence-electron chi connectivity index (χ2n) is 12.3. The van der Waals surface area contributed by atoms with Crippen LogP contribution in [0.15, 0.2) is 67.9 Å². The van der Waals surface area contributed by atoms with E-state index in [-0.39, 0.29) is 34.8 Å². The van der Waals surface area contributed by atoms with Crippen LogP contribution in [0.4, 0.5) is 4.39 Å². The molecule has 0 unspecified atom stereocenters. The highest BCUT2D eigenvalue weighted by atomic mass is 79.9. The molecule has 0 N–H and O–H groups in total. The fourth-order valence-corrected chi connectivity index (χ4v) is 7.58. The molecule has 0 bridgehead atoms. The Morgan fingerprint density at radius 2 is 1.50 bits per heavy atom. The van der Waals surface area contributed by atoms with Crippen molar-refractivity contribution in [1.82, 2.24) is 4.90 Å². The zero-order chi connectivity index (χ0) is 27.6. The van der Waals surface area contributed by atoms with Crippen LogP contribution in [0.2, 0.25) is 0 Å². The number of hydrogen-bond acceptors (Lipinski definition) is 4. The van der Waals surface area contributed by atoms with Gasteiger partial charge >= 0.3 is 0 Å². The maximum Gasteiger partial charge on any atom is 0.162 e. The van der Waals surface area contributed by atoms with Crippen molar-refractivity contribution in [3.05, 3.63) is 84.8 Å². The van der Waals surface area contributed by atoms with Crippen molar-refractivity contribution >= 4 is 43.4 Å². The Labute approximate surface area is 240 Å². The number of halogens is 3. The molecule has 5 rings (SSSR count). The van der Waals surface area contributed by atoms with E-state index in [4.69, 9.17) is 4.74 Å². The van der Waals surface area contributed by atoms with Crippen LogP contribution < -0.4 is 4.74 Å². The first-order valence-electron chi connectivity index (χ1n) is 12.9. The molecule has 4 nitrogen and oxygen atoms in total. The summed E-state index contributed by atoms with van der Waals surface area (Å²) in [5.41, 5.74) is 4.49. The summed E-state index contributed by atoms with van der Waals surface area (Å²) in [6.45, 7) is 8.65. The molecule has 2 aliphatic carbocycles. The molecule has 0 amide bonds. The Kier molecular flexibility index (Phi) is 7.00. The molecular formula is C31H32Br2FNO3. The lowest BCUT2D eigenvalue weighted by Crippen LogP contribution is -2.43. The number of nitrogens with zero attached hydrogens (tertiary/aromatic N) is 1. The van der Waals surface area contributed by atoms with E-state index in [1.54, 1.807) is 6.07 Å². The predicted molar refractivity (Wildman–Crippen MR) is 153 cm³/mol. The average Bonchev–Trinajstić information content (AvgIpc) is 2.78. The lowest BCUT2D eigenvalue weighted by molar-refractivity contribution is -0.119. The maximum atomic E-state index is 13.9. The summed E-state index contributed by atoms with van der Waals surface area (Å²) in [4.78, 5) is 29.8. The molecule has 2 aromatic rings. The van der Waals surface area contributed by atoms with E-state index in [1.807, 2.05) is 25.2 Å². The van der Waals surface area contributed by atoms with E-state index in [9.17, 15) is 14.0 Å². The number of rotatable bonds is 4. The second kappa shape index (κ2) is 9.74. The van der Waals surface area contributed by atoms with Crippen LogP contribution >= 0.6 is 31.9 Å². The molecule has 7 heteroatoms. The number of ether oxygens (including phenoxy) is 1. The summed E-state index contributed by atoms with van der Waals surface area (Å²) < 4.78 is 21.7. The van der Waals surface area contributed by atoms with Gasteiger partial charge in [-0.3, -0.25) is 9.59 Å². The Hall–Kier alpha value is -2.25. The minimum absolute atomic E-state index is 0.0736. The molecule has 0 spiro atoms. The molecule has 0 saturated carbocycles. The van der Waals surface area contributed by atoms with Crippen LogP contribution in [0, 0.1) is 16.6 Å². The molecular weight excluding hydrogens is 613 g/mol. The third-order valence-electron chi connectivity index (χ3n) is 7.80. The van der Waals surface area contributed by atoms with Gasteiger partial charge in [0.25, 0.3) is 0 Å². The van der Waals surface area contributed by atoms with Gasteiger partial charge < -0.3 is 9.64 Å². The summed E-state index contributed by atoms with van der Waals surface area (Å²) in [6.07, 6.45) is 2.35. The molecule has 0 radical (unpaired) electrons. The van der Waals surface area contributed by atoms with Crippen molar-refractivity contribution in [2.24, 2.45) is 10.8 Å². The quantitative estimate of drug-likeness (QED) is 0.336. The van der Waals surface area contributed by atoms with Crippen molar-refractivity contribution < 1.29 is 18.7 Å². The van der Waals surface area contributed by atoms with Gasteiger partial charge in [-0.05, 0) is 69.4 Å². The smallest absolute Gasteiger partial charge is 0.162 e.